The van der Waals surface area contributed by atoms with E-state index in [0.717, 1.165) is 5.56 Å². The Morgan fingerprint density at radius 1 is 1.07 bits per heavy atom. The lowest BCUT2D eigenvalue weighted by Crippen LogP contribution is -2.09. The summed E-state index contributed by atoms with van der Waals surface area (Å²) in [5.74, 6) is 1.38. The topological polar surface area (TPSA) is 85.2 Å². The predicted octanol–water partition coefficient (Wildman–Crippen LogP) is 4.53. The van der Waals surface area contributed by atoms with Crippen molar-refractivity contribution in [2.24, 2.45) is 0 Å². The third-order valence-electron chi connectivity index (χ3n) is 4.34. The maximum Gasteiger partial charge on any atom is 0.338 e. The van der Waals surface area contributed by atoms with E-state index >= 15 is 0 Å². The zero-order valence-electron chi connectivity index (χ0n) is 15.7. The molecule has 2 aromatic heterocycles. The van der Waals surface area contributed by atoms with Gasteiger partial charge in [-0.05, 0) is 55.5 Å². The fourth-order valence-corrected chi connectivity index (χ4v) is 2.93. The highest BCUT2D eigenvalue weighted by Gasteiger charge is 2.08. The van der Waals surface area contributed by atoms with Gasteiger partial charge in [0, 0.05) is 5.56 Å². The first-order valence-electron chi connectivity index (χ1n) is 9.18. The molecule has 0 spiro atoms. The largest absolute Gasteiger partial charge is 0.462 e. The smallest absolute Gasteiger partial charge is 0.338 e. The monoisotopic (exact) mass is 386 g/mol. The van der Waals surface area contributed by atoms with E-state index in [0.29, 0.717) is 40.4 Å². The Morgan fingerprint density at radius 3 is 2.66 bits per heavy atom. The zero-order chi connectivity index (χ0) is 20.2. The number of aromatic amines is 1. The Hall–Kier alpha value is -3.93. The van der Waals surface area contributed by atoms with Crippen molar-refractivity contribution < 1.29 is 13.9 Å². The highest BCUT2D eigenvalue weighted by Crippen LogP contribution is 2.24. The number of hydrogen-bond donors (Lipinski definition) is 1. The van der Waals surface area contributed by atoms with E-state index in [-0.39, 0.29) is 11.5 Å². The Balaban J connectivity index is 1.54. The van der Waals surface area contributed by atoms with Gasteiger partial charge in [-0.25, -0.2) is 9.78 Å². The number of carbonyl (C=O) groups excluding carboxylic acids is 1. The molecule has 6 heteroatoms. The Labute approximate surface area is 166 Å². The Kier molecular flexibility index (Phi) is 5.07. The summed E-state index contributed by atoms with van der Waals surface area (Å²) in [6.45, 7) is 2.11. The van der Waals surface area contributed by atoms with E-state index in [1.54, 1.807) is 61.5 Å². The number of carbonyl (C=O) groups is 1. The number of benzene rings is 2. The van der Waals surface area contributed by atoms with Crippen LogP contribution in [0.2, 0.25) is 0 Å². The van der Waals surface area contributed by atoms with Crippen molar-refractivity contribution in [3.05, 3.63) is 88.2 Å². The first-order chi connectivity index (χ1) is 14.1. The first-order valence-corrected chi connectivity index (χ1v) is 9.18. The van der Waals surface area contributed by atoms with Crippen LogP contribution in [0.1, 0.15) is 28.9 Å². The SMILES string of the molecule is CCOC(=O)c1ccc(-c2ccc(/C=C/c3nc4ccccc4c(=O)[nH]3)o2)cc1. The zero-order valence-corrected chi connectivity index (χ0v) is 15.7. The summed E-state index contributed by atoms with van der Waals surface area (Å²) < 4.78 is 10.8. The lowest BCUT2D eigenvalue weighted by atomic mass is 10.1. The fourth-order valence-electron chi connectivity index (χ4n) is 2.93. The van der Waals surface area contributed by atoms with Gasteiger partial charge in [0.05, 0.1) is 23.1 Å². The van der Waals surface area contributed by atoms with Crippen molar-refractivity contribution in [2.45, 2.75) is 6.92 Å². The molecule has 0 aliphatic heterocycles. The molecule has 0 saturated heterocycles. The second-order valence-corrected chi connectivity index (χ2v) is 6.30. The number of H-pyrrole nitrogens is 1. The van der Waals surface area contributed by atoms with E-state index in [4.69, 9.17) is 9.15 Å². The molecule has 0 radical (unpaired) electrons. The van der Waals surface area contributed by atoms with Crippen LogP contribution < -0.4 is 5.56 Å². The maximum atomic E-state index is 12.1. The summed E-state index contributed by atoms with van der Waals surface area (Å²) in [5.41, 5.74) is 1.79. The average molecular weight is 386 g/mol. The highest BCUT2D eigenvalue weighted by molar-refractivity contribution is 5.90. The van der Waals surface area contributed by atoms with Crippen molar-refractivity contribution in [3.63, 3.8) is 0 Å². The molecule has 0 fully saturated rings. The van der Waals surface area contributed by atoms with E-state index < -0.39 is 0 Å². The van der Waals surface area contributed by atoms with Gasteiger partial charge in [0.2, 0.25) is 0 Å². The van der Waals surface area contributed by atoms with Crippen molar-refractivity contribution >= 4 is 29.0 Å². The Bertz CT molecular complexity index is 1250. The van der Waals surface area contributed by atoms with Crippen LogP contribution in [0.3, 0.4) is 0 Å². The molecule has 0 atom stereocenters. The van der Waals surface area contributed by atoms with Crippen LogP contribution in [0.4, 0.5) is 0 Å². The summed E-state index contributed by atoms with van der Waals surface area (Å²) in [7, 11) is 0. The third kappa shape index (κ3) is 4.01. The number of rotatable bonds is 5. The van der Waals surface area contributed by atoms with E-state index in [1.807, 2.05) is 18.2 Å². The molecule has 4 aromatic rings. The van der Waals surface area contributed by atoms with Crippen LogP contribution in [-0.4, -0.2) is 22.5 Å². The highest BCUT2D eigenvalue weighted by atomic mass is 16.5. The molecule has 144 valence electrons. The number of fused-ring (bicyclic) bond motifs is 1. The van der Waals surface area contributed by atoms with Gasteiger partial charge in [-0.1, -0.05) is 24.3 Å². The van der Waals surface area contributed by atoms with Crippen LogP contribution in [0.5, 0.6) is 0 Å². The Morgan fingerprint density at radius 2 is 1.86 bits per heavy atom. The van der Waals surface area contributed by atoms with Crippen molar-refractivity contribution in [2.75, 3.05) is 6.61 Å². The van der Waals surface area contributed by atoms with Gasteiger partial charge in [-0.2, -0.15) is 0 Å². The molecular weight excluding hydrogens is 368 g/mol. The molecule has 2 aromatic carbocycles. The lowest BCUT2D eigenvalue weighted by Gasteiger charge is -2.02. The summed E-state index contributed by atoms with van der Waals surface area (Å²) in [4.78, 5) is 31.0. The van der Waals surface area contributed by atoms with Crippen LogP contribution >= 0.6 is 0 Å². The van der Waals surface area contributed by atoms with Gasteiger partial charge in [0.1, 0.15) is 17.3 Å². The van der Waals surface area contributed by atoms with E-state index in [2.05, 4.69) is 9.97 Å². The van der Waals surface area contributed by atoms with Gasteiger partial charge in [0.25, 0.3) is 5.56 Å². The third-order valence-corrected chi connectivity index (χ3v) is 4.34. The number of ether oxygens (including phenoxy) is 1. The van der Waals surface area contributed by atoms with Crippen LogP contribution in [0.15, 0.2) is 69.9 Å². The standard InChI is InChI=1S/C23H18N2O4/c1-2-28-23(27)16-9-7-15(8-10-16)20-13-11-17(29-20)12-14-21-24-19-6-4-3-5-18(19)22(26)25-21/h3-14H,2H2,1H3,(H,24,25,26)/b14-12+. The number of nitrogens with zero attached hydrogens (tertiary/aromatic N) is 1. The number of furan rings is 1. The van der Waals surface area contributed by atoms with Gasteiger partial charge in [-0.15, -0.1) is 0 Å². The summed E-state index contributed by atoms with van der Waals surface area (Å²) in [6, 6.07) is 17.9. The number of hydrogen-bond acceptors (Lipinski definition) is 5. The molecule has 0 aliphatic rings. The van der Waals surface area contributed by atoms with Gasteiger partial charge in [-0.3, -0.25) is 4.79 Å². The summed E-state index contributed by atoms with van der Waals surface area (Å²) in [5, 5.41) is 0.552. The molecule has 6 nitrogen and oxygen atoms in total. The molecule has 29 heavy (non-hydrogen) atoms. The number of para-hydroxylation sites is 1. The molecule has 0 unspecified atom stereocenters. The summed E-state index contributed by atoms with van der Waals surface area (Å²) in [6.07, 6.45) is 3.43. The summed E-state index contributed by atoms with van der Waals surface area (Å²) >= 11 is 0. The van der Waals surface area contributed by atoms with Crippen molar-refractivity contribution in [3.8, 4) is 11.3 Å². The second kappa shape index (κ2) is 7.98. The minimum atomic E-state index is -0.348. The minimum Gasteiger partial charge on any atom is -0.462 e. The first kappa shape index (κ1) is 18.4. The van der Waals surface area contributed by atoms with E-state index in [9.17, 15) is 9.59 Å². The van der Waals surface area contributed by atoms with Crippen molar-refractivity contribution in [1.29, 1.82) is 0 Å². The molecule has 4 rings (SSSR count). The van der Waals surface area contributed by atoms with Gasteiger partial charge in [0.15, 0.2) is 0 Å². The normalized spacial score (nSPS) is 11.2. The number of aromatic nitrogens is 2. The fraction of sp³-hybridized carbons (Fsp3) is 0.0870. The van der Waals surface area contributed by atoms with Crippen molar-refractivity contribution in [1.82, 2.24) is 9.97 Å². The number of nitrogens with one attached hydrogen (secondary N) is 1. The quantitative estimate of drug-likeness (QED) is 0.509. The van der Waals surface area contributed by atoms with Gasteiger partial charge < -0.3 is 14.1 Å². The van der Waals surface area contributed by atoms with Crippen LogP contribution in [0, 0.1) is 0 Å². The maximum absolute atomic E-state index is 12.1. The minimum absolute atomic E-state index is 0.183. The molecular formula is C23H18N2O4. The van der Waals surface area contributed by atoms with Crippen LogP contribution in [0.25, 0.3) is 34.4 Å². The van der Waals surface area contributed by atoms with Crippen LogP contribution in [-0.2, 0) is 4.74 Å². The molecule has 1 N–H and O–H groups in total. The average Bonchev–Trinajstić information content (AvgIpc) is 3.22. The number of esters is 1. The molecule has 0 aliphatic carbocycles. The van der Waals surface area contributed by atoms with Gasteiger partial charge >= 0.3 is 5.97 Å². The molecule has 0 saturated carbocycles. The predicted molar refractivity (Wildman–Crippen MR) is 111 cm³/mol. The second-order valence-electron chi connectivity index (χ2n) is 6.30. The lowest BCUT2D eigenvalue weighted by molar-refractivity contribution is 0.0526. The molecule has 2 heterocycles. The van der Waals surface area contributed by atoms with E-state index in [1.165, 1.54) is 0 Å². The molecule has 0 amide bonds. The molecule has 0 bridgehead atoms.